The van der Waals surface area contributed by atoms with Crippen LogP contribution in [0.3, 0.4) is 0 Å². The average Bonchev–Trinajstić information content (AvgIpc) is 2.38. The van der Waals surface area contributed by atoms with Crippen LogP contribution in [-0.4, -0.2) is 6.54 Å². The van der Waals surface area contributed by atoms with Gasteiger partial charge >= 0.3 is 0 Å². The van der Waals surface area contributed by atoms with Gasteiger partial charge in [-0.1, -0.05) is 35.9 Å². The summed E-state index contributed by atoms with van der Waals surface area (Å²) in [4.78, 5) is 0. The fourth-order valence-corrected chi connectivity index (χ4v) is 1.93. The van der Waals surface area contributed by atoms with Crippen molar-refractivity contribution in [3.8, 4) is 5.75 Å². The predicted octanol–water partition coefficient (Wildman–Crippen LogP) is 3.42. The average molecular weight is 262 g/mol. The first-order valence-electron chi connectivity index (χ1n) is 5.94. The maximum Gasteiger partial charge on any atom is 0.119 e. The van der Waals surface area contributed by atoms with Gasteiger partial charge in [0.2, 0.25) is 0 Å². The zero-order chi connectivity index (χ0) is 12.8. The van der Waals surface area contributed by atoms with E-state index in [1.807, 2.05) is 48.5 Å². The van der Waals surface area contributed by atoms with E-state index in [-0.39, 0.29) is 0 Å². The van der Waals surface area contributed by atoms with Crippen LogP contribution in [0.15, 0.2) is 48.5 Å². The lowest BCUT2D eigenvalue weighted by Crippen LogP contribution is -2.02. The SMILES string of the molecule is NCCc1ccc(OCc2cccc(Cl)c2)cc1. The maximum absolute atomic E-state index is 5.91. The van der Waals surface area contributed by atoms with Crippen LogP contribution in [0.5, 0.6) is 5.75 Å². The van der Waals surface area contributed by atoms with Gasteiger partial charge in [0.15, 0.2) is 0 Å². The van der Waals surface area contributed by atoms with E-state index in [0.717, 1.165) is 22.8 Å². The molecule has 0 fully saturated rings. The van der Waals surface area contributed by atoms with Gasteiger partial charge in [-0.2, -0.15) is 0 Å². The van der Waals surface area contributed by atoms with Crippen LogP contribution in [0.25, 0.3) is 0 Å². The number of benzene rings is 2. The van der Waals surface area contributed by atoms with Crippen LogP contribution in [0.1, 0.15) is 11.1 Å². The van der Waals surface area contributed by atoms with E-state index in [1.54, 1.807) is 0 Å². The minimum atomic E-state index is 0.525. The van der Waals surface area contributed by atoms with Crippen LogP contribution in [0, 0.1) is 0 Å². The van der Waals surface area contributed by atoms with Crippen molar-refractivity contribution in [1.82, 2.24) is 0 Å². The third-order valence-electron chi connectivity index (χ3n) is 2.65. The van der Waals surface area contributed by atoms with Gasteiger partial charge in [0.25, 0.3) is 0 Å². The highest BCUT2D eigenvalue weighted by Gasteiger charge is 1.98. The van der Waals surface area contributed by atoms with Crippen molar-refractivity contribution in [2.24, 2.45) is 5.73 Å². The monoisotopic (exact) mass is 261 g/mol. The van der Waals surface area contributed by atoms with E-state index in [9.17, 15) is 0 Å². The second-order valence-corrected chi connectivity index (χ2v) is 4.54. The van der Waals surface area contributed by atoms with Gasteiger partial charge in [0.05, 0.1) is 0 Å². The van der Waals surface area contributed by atoms with Crippen molar-refractivity contribution < 1.29 is 4.74 Å². The lowest BCUT2D eigenvalue weighted by molar-refractivity contribution is 0.306. The predicted molar refractivity (Wildman–Crippen MR) is 75.0 cm³/mol. The van der Waals surface area contributed by atoms with Crippen LogP contribution >= 0.6 is 11.6 Å². The van der Waals surface area contributed by atoms with Gasteiger partial charge in [0.1, 0.15) is 12.4 Å². The molecule has 0 bridgehead atoms. The molecule has 0 saturated carbocycles. The minimum absolute atomic E-state index is 0.525. The van der Waals surface area contributed by atoms with Gasteiger partial charge < -0.3 is 10.5 Å². The standard InChI is InChI=1S/C15H16ClNO/c16-14-3-1-2-13(10-14)11-18-15-6-4-12(5-7-15)8-9-17/h1-7,10H,8-9,11,17H2. The number of halogens is 1. The maximum atomic E-state index is 5.91. The molecule has 0 aliphatic heterocycles. The molecular weight excluding hydrogens is 246 g/mol. The van der Waals surface area contributed by atoms with E-state index < -0.39 is 0 Å². The molecule has 0 radical (unpaired) electrons. The molecule has 2 N–H and O–H groups in total. The van der Waals surface area contributed by atoms with E-state index in [2.05, 4.69) is 0 Å². The molecule has 18 heavy (non-hydrogen) atoms. The molecule has 3 heteroatoms. The Morgan fingerprint density at radius 2 is 1.78 bits per heavy atom. The molecule has 2 nitrogen and oxygen atoms in total. The summed E-state index contributed by atoms with van der Waals surface area (Å²) in [5, 5.41) is 0.731. The Bertz CT molecular complexity index is 496. The van der Waals surface area contributed by atoms with Crippen molar-refractivity contribution in [3.63, 3.8) is 0 Å². The van der Waals surface area contributed by atoms with Crippen LogP contribution in [-0.2, 0) is 13.0 Å². The zero-order valence-electron chi connectivity index (χ0n) is 10.1. The number of hydrogen-bond acceptors (Lipinski definition) is 2. The van der Waals surface area contributed by atoms with Crippen LogP contribution in [0.2, 0.25) is 5.02 Å². The Labute approximate surface area is 112 Å². The van der Waals surface area contributed by atoms with Crippen LogP contribution < -0.4 is 10.5 Å². The Hall–Kier alpha value is -1.51. The van der Waals surface area contributed by atoms with Crippen molar-refractivity contribution in [1.29, 1.82) is 0 Å². The first kappa shape index (κ1) is 12.9. The number of nitrogens with two attached hydrogens (primary N) is 1. The highest BCUT2D eigenvalue weighted by molar-refractivity contribution is 6.30. The van der Waals surface area contributed by atoms with Crippen molar-refractivity contribution in [2.45, 2.75) is 13.0 Å². The summed E-state index contributed by atoms with van der Waals surface area (Å²) >= 11 is 5.91. The van der Waals surface area contributed by atoms with Crippen molar-refractivity contribution in [3.05, 3.63) is 64.7 Å². The highest BCUT2D eigenvalue weighted by Crippen LogP contribution is 2.16. The Kier molecular flexibility index (Phi) is 4.62. The number of ether oxygens (including phenoxy) is 1. The lowest BCUT2D eigenvalue weighted by atomic mass is 10.1. The summed E-state index contributed by atoms with van der Waals surface area (Å²) in [6.07, 6.45) is 0.897. The molecule has 0 aliphatic rings. The second kappa shape index (κ2) is 6.43. The molecule has 2 rings (SSSR count). The zero-order valence-corrected chi connectivity index (χ0v) is 10.9. The smallest absolute Gasteiger partial charge is 0.119 e. The van der Waals surface area contributed by atoms with Crippen LogP contribution in [0.4, 0.5) is 0 Å². The fraction of sp³-hybridized carbons (Fsp3) is 0.200. The van der Waals surface area contributed by atoms with Gasteiger partial charge in [-0.3, -0.25) is 0 Å². The van der Waals surface area contributed by atoms with Gasteiger partial charge in [0, 0.05) is 5.02 Å². The molecule has 0 saturated heterocycles. The highest BCUT2D eigenvalue weighted by atomic mass is 35.5. The van der Waals surface area contributed by atoms with Crippen molar-refractivity contribution >= 4 is 11.6 Å². The third kappa shape index (κ3) is 3.76. The summed E-state index contributed by atoms with van der Waals surface area (Å²) in [6.45, 7) is 1.19. The molecule has 0 aromatic heterocycles. The summed E-state index contributed by atoms with van der Waals surface area (Å²) < 4.78 is 5.69. The van der Waals surface area contributed by atoms with Gasteiger partial charge in [-0.25, -0.2) is 0 Å². The number of hydrogen-bond donors (Lipinski definition) is 1. The van der Waals surface area contributed by atoms with Gasteiger partial charge in [-0.15, -0.1) is 0 Å². The second-order valence-electron chi connectivity index (χ2n) is 4.10. The Balaban J connectivity index is 1.93. The van der Waals surface area contributed by atoms with E-state index in [4.69, 9.17) is 22.1 Å². The largest absolute Gasteiger partial charge is 0.489 e. The molecule has 0 aliphatic carbocycles. The first-order valence-corrected chi connectivity index (χ1v) is 6.32. The van der Waals surface area contributed by atoms with E-state index >= 15 is 0 Å². The Morgan fingerprint density at radius 1 is 1.00 bits per heavy atom. The van der Waals surface area contributed by atoms with E-state index in [1.165, 1.54) is 5.56 Å². The quantitative estimate of drug-likeness (QED) is 0.895. The van der Waals surface area contributed by atoms with Gasteiger partial charge in [-0.05, 0) is 48.4 Å². The Morgan fingerprint density at radius 3 is 2.44 bits per heavy atom. The molecule has 2 aromatic rings. The summed E-state index contributed by atoms with van der Waals surface area (Å²) in [7, 11) is 0. The minimum Gasteiger partial charge on any atom is -0.489 e. The first-order chi connectivity index (χ1) is 8.78. The molecular formula is C15H16ClNO. The molecule has 0 amide bonds. The molecule has 0 unspecified atom stereocenters. The van der Waals surface area contributed by atoms with E-state index in [0.29, 0.717) is 13.2 Å². The topological polar surface area (TPSA) is 35.2 Å². The normalized spacial score (nSPS) is 10.3. The molecule has 0 spiro atoms. The summed E-state index contributed by atoms with van der Waals surface area (Å²) in [5.41, 5.74) is 7.80. The summed E-state index contributed by atoms with van der Waals surface area (Å²) in [5.74, 6) is 0.857. The molecule has 94 valence electrons. The lowest BCUT2D eigenvalue weighted by Gasteiger charge is -2.07. The molecule has 0 atom stereocenters. The van der Waals surface area contributed by atoms with Crippen molar-refractivity contribution in [2.75, 3.05) is 6.54 Å². The fourth-order valence-electron chi connectivity index (χ4n) is 1.71. The number of rotatable bonds is 5. The molecule has 2 aromatic carbocycles. The molecule has 0 heterocycles. The summed E-state index contributed by atoms with van der Waals surface area (Å²) in [6, 6.07) is 15.7. The third-order valence-corrected chi connectivity index (χ3v) is 2.89.